The topological polar surface area (TPSA) is 65.2 Å². The van der Waals surface area contributed by atoms with Crippen LogP contribution >= 0.6 is 0 Å². The number of hydrogen-bond acceptors (Lipinski definition) is 4. The minimum Gasteiger partial charge on any atom is -0.466 e. The number of esters is 1. The lowest BCUT2D eigenvalue weighted by Gasteiger charge is -2.14. The highest BCUT2D eigenvalue weighted by molar-refractivity contribution is 5.74. The molecule has 2 N–H and O–H groups in total. The molecule has 0 spiro atoms. The van der Waals surface area contributed by atoms with Crippen molar-refractivity contribution in [2.75, 3.05) is 12.3 Å². The molecule has 0 saturated carbocycles. The van der Waals surface area contributed by atoms with Crippen LogP contribution in [0.15, 0.2) is 6.07 Å². The third-order valence-corrected chi connectivity index (χ3v) is 2.32. The lowest BCUT2D eigenvalue weighted by molar-refractivity contribution is -0.143. The molecule has 0 radical (unpaired) electrons. The molecular weight excluding hydrogens is 287 g/mol. The molecule has 0 aromatic carbocycles. The van der Waals surface area contributed by atoms with Crippen LogP contribution in [-0.4, -0.2) is 17.6 Å². The second-order valence-electron chi connectivity index (χ2n) is 3.75. The van der Waals surface area contributed by atoms with E-state index in [1.165, 1.54) is 6.92 Å². The van der Waals surface area contributed by atoms with E-state index in [1.54, 1.807) is 0 Å². The van der Waals surface area contributed by atoms with E-state index in [2.05, 4.69) is 9.72 Å². The van der Waals surface area contributed by atoms with Crippen molar-refractivity contribution in [2.24, 2.45) is 0 Å². The lowest BCUT2D eigenvalue weighted by atomic mass is 10.1. The highest BCUT2D eigenvalue weighted by Crippen LogP contribution is 2.37. The van der Waals surface area contributed by atoms with Crippen molar-refractivity contribution >= 4 is 11.8 Å². The molecular formula is C11H11F5N2O2. The van der Waals surface area contributed by atoms with Gasteiger partial charge in [0.05, 0.1) is 18.6 Å². The number of halogens is 5. The first kappa shape index (κ1) is 16.1. The van der Waals surface area contributed by atoms with Crippen LogP contribution in [0.25, 0.3) is 0 Å². The van der Waals surface area contributed by atoms with Crippen LogP contribution in [0.1, 0.15) is 30.2 Å². The smallest absolute Gasteiger partial charge is 0.418 e. The van der Waals surface area contributed by atoms with E-state index in [-0.39, 0.29) is 12.2 Å². The second kappa shape index (κ2) is 6.02. The minimum atomic E-state index is -5.02. The van der Waals surface area contributed by atoms with E-state index in [0.29, 0.717) is 6.07 Å². The Morgan fingerprint density at radius 3 is 2.50 bits per heavy atom. The number of hydrogen-bond donors (Lipinski definition) is 1. The molecule has 0 aliphatic rings. The van der Waals surface area contributed by atoms with E-state index in [4.69, 9.17) is 5.73 Å². The Kier molecular flexibility index (Phi) is 4.85. The number of alkyl halides is 5. The lowest BCUT2D eigenvalue weighted by Crippen LogP contribution is -2.16. The molecule has 1 heterocycles. The first-order chi connectivity index (χ1) is 9.16. The number of pyridine rings is 1. The van der Waals surface area contributed by atoms with Gasteiger partial charge in [-0.25, -0.2) is 13.8 Å². The standard InChI is InChI=1S/C11H11F5N2O2/c1-2-20-7(19)4-5-3-6(11(14,15)16)8(9(12)13)18-10(5)17/h3,9H,2,4H2,1H3,(H2,17,18). The van der Waals surface area contributed by atoms with Gasteiger partial charge in [-0.1, -0.05) is 0 Å². The average Bonchev–Trinajstić information content (AvgIpc) is 2.29. The fourth-order valence-electron chi connectivity index (χ4n) is 1.49. The van der Waals surface area contributed by atoms with E-state index in [9.17, 15) is 26.7 Å². The predicted molar refractivity (Wildman–Crippen MR) is 58.9 cm³/mol. The van der Waals surface area contributed by atoms with Crippen LogP contribution in [0.4, 0.5) is 27.8 Å². The van der Waals surface area contributed by atoms with Crippen LogP contribution in [0.5, 0.6) is 0 Å². The maximum absolute atomic E-state index is 12.7. The summed E-state index contributed by atoms with van der Waals surface area (Å²) < 4.78 is 67.7. The highest BCUT2D eigenvalue weighted by atomic mass is 19.4. The van der Waals surface area contributed by atoms with Crippen LogP contribution in [0.3, 0.4) is 0 Å². The molecule has 112 valence electrons. The summed E-state index contributed by atoms with van der Waals surface area (Å²) >= 11 is 0. The summed E-state index contributed by atoms with van der Waals surface area (Å²) in [6, 6.07) is 0.404. The van der Waals surface area contributed by atoms with E-state index < -0.39 is 42.1 Å². The fraction of sp³-hybridized carbons (Fsp3) is 0.455. The Labute approximate surface area is 110 Å². The van der Waals surface area contributed by atoms with Crippen molar-refractivity contribution in [3.05, 3.63) is 22.9 Å². The van der Waals surface area contributed by atoms with Gasteiger partial charge < -0.3 is 10.5 Å². The number of nitrogens with zero attached hydrogens (tertiary/aromatic N) is 1. The Balaban J connectivity index is 3.25. The normalized spacial score (nSPS) is 11.8. The SMILES string of the molecule is CCOC(=O)Cc1cc(C(F)(F)F)c(C(F)F)nc1N. The molecule has 4 nitrogen and oxygen atoms in total. The fourth-order valence-corrected chi connectivity index (χ4v) is 1.49. The zero-order valence-electron chi connectivity index (χ0n) is 10.3. The number of carbonyl (C=O) groups is 1. The van der Waals surface area contributed by atoms with Crippen molar-refractivity contribution < 1.29 is 31.5 Å². The maximum atomic E-state index is 12.7. The molecule has 0 aliphatic carbocycles. The second-order valence-corrected chi connectivity index (χ2v) is 3.75. The van der Waals surface area contributed by atoms with E-state index in [0.717, 1.165) is 0 Å². The van der Waals surface area contributed by atoms with Gasteiger partial charge in [0.15, 0.2) is 0 Å². The van der Waals surface area contributed by atoms with E-state index in [1.807, 2.05) is 0 Å². The van der Waals surface area contributed by atoms with Crippen molar-refractivity contribution in [1.29, 1.82) is 0 Å². The largest absolute Gasteiger partial charge is 0.466 e. The van der Waals surface area contributed by atoms with Gasteiger partial charge >= 0.3 is 12.1 Å². The Morgan fingerprint density at radius 2 is 2.05 bits per heavy atom. The number of rotatable bonds is 4. The van der Waals surface area contributed by atoms with Gasteiger partial charge in [0.25, 0.3) is 6.43 Å². The number of anilines is 1. The number of nitrogens with two attached hydrogens (primary N) is 1. The van der Waals surface area contributed by atoms with Crippen molar-refractivity contribution in [3.63, 3.8) is 0 Å². The monoisotopic (exact) mass is 298 g/mol. The van der Waals surface area contributed by atoms with Crippen LogP contribution in [0, 0.1) is 0 Å². The number of carbonyl (C=O) groups excluding carboxylic acids is 1. The van der Waals surface area contributed by atoms with Crippen molar-refractivity contribution in [3.8, 4) is 0 Å². The summed E-state index contributed by atoms with van der Waals surface area (Å²) in [5.74, 6) is -1.37. The summed E-state index contributed by atoms with van der Waals surface area (Å²) in [4.78, 5) is 14.3. The summed E-state index contributed by atoms with van der Waals surface area (Å²) in [7, 11) is 0. The zero-order valence-corrected chi connectivity index (χ0v) is 10.3. The van der Waals surface area contributed by atoms with Crippen molar-refractivity contribution in [2.45, 2.75) is 25.9 Å². The average molecular weight is 298 g/mol. The molecule has 1 aromatic rings. The van der Waals surface area contributed by atoms with Gasteiger partial charge in [0.2, 0.25) is 0 Å². The Hall–Kier alpha value is -1.93. The molecule has 1 rings (SSSR count). The predicted octanol–water partition coefficient (Wildman–Crippen LogP) is 2.73. The highest BCUT2D eigenvalue weighted by Gasteiger charge is 2.37. The van der Waals surface area contributed by atoms with Gasteiger partial charge in [-0.2, -0.15) is 13.2 Å². The molecule has 0 saturated heterocycles. The third kappa shape index (κ3) is 3.78. The number of aromatic nitrogens is 1. The van der Waals surface area contributed by atoms with Crippen LogP contribution < -0.4 is 5.73 Å². The molecule has 0 amide bonds. The Morgan fingerprint density at radius 1 is 1.45 bits per heavy atom. The summed E-state index contributed by atoms with van der Waals surface area (Å²) in [5, 5.41) is 0. The molecule has 0 aliphatic heterocycles. The maximum Gasteiger partial charge on any atom is 0.418 e. The molecule has 1 aromatic heterocycles. The molecule has 0 bridgehead atoms. The molecule has 0 unspecified atom stereocenters. The minimum absolute atomic E-state index is 0.0351. The zero-order chi connectivity index (χ0) is 15.5. The van der Waals surface area contributed by atoms with Gasteiger partial charge in [0.1, 0.15) is 11.5 Å². The van der Waals surface area contributed by atoms with Crippen LogP contribution in [-0.2, 0) is 22.1 Å². The first-order valence-corrected chi connectivity index (χ1v) is 5.47. The molecule has 0 fully saturated rings. The first-order valence-electron chi connectivity index (χ1n) is 5.47. The van der Waals surface area contributed by atoms with Gasteiger partial charge in [0, 0.05) is 5.56 Å². The molecule has 0 atom stereocenters. The third-order valence-electron chi connectivity index (χ3n) is 2.32. The number of ether oxygens (including phenoxy) is 1. The summed E-state index contributed by atoms with van der Waals surface area (Å²) in [5.41, 5.74) is 1.92. The summed E-state index contributed by atoms with van der Waals surface area (Å²) in [6.07, 6.45) is -9.01. The quantitative estimate of drug-likeness (QED) is 0.685. The van der Waals surface area contributed by atoms with E-state index >= 15 is 0 Å². The van der Waals surface area contributed by atoms with Gasteiger partial charge in [-0.3, -0.25) is 4.79 Å². The van der Waals surface area contributed by atoms with Crippen LogP contribution in [0.2, 0.25) is 0 Å². The van der Waals surface area contributed by atoms with Crippen molar-refractivity contribution in [1.82, 2.24) is 4.98 Å². The van der Waals surface area contributed by atoms with Gasteiger partial charge in [-0.05, 0) is 13.0 Å². The number of nitrogen functional groups attached to an aromatic ring is 1. The Bertz CT molecular complexity index is 502. The molecule has 20 heavy (non-hydrogen) atoms. The summed E-state index contributed by atoms with van der Waals surface area (Å²) in [6.45, 7) is 1.55. The van der Waals surface area contributed by atoms with Gasteiger partial charge in [-0.15, -0.1) is 0 Å². The molecule has 9 heteroatoms.